The molecule has 5 heteroatoms. The van der Waals surface area contributed by atoms with Gasteiger partial charge in [0.25, 0.3) is 0 Å². The van der Waals surface area contributed by atoms with Crippen LogP contribution in [0.25, 0.3) is 0 Å². The predicted octanol–water partition coefficient (Wildman–Crippen LogP) is 1.85. The maximum Gasteiger partial charge on any atom is 0.226 e. The van der Waals surface area contributed by atoms with Gasteiger partial charge in [-0.15, -0.1) is 0 Å². The maximum atomic E-state index is 5.62. The number of thioether (sulfide) groups is 1. The second kappa shape index (κ2) is 6.85. The van der Waals surface area contributed by atoms with Gasteiger partial charge in [-0.05, 0) is 18.2 Å². The number of hydrogen-bond acceptors (Lipinski definition) is 5. The molecule has 0 saturated heterocycles. The van der Waals surface area contributed by atoms with Crippen LogP contribution in [0.5, 0.6) is 0 Å². The Labute approximate surface area is 95.0 Å². The van der Waals surface area contributed by atoms with E-state index in [0.717, 1.165) is 36.1 Å². The highest BCUT2D eigenvalue weighted by molar-refractivity contribution is 7.98. The minimum Gasteiger partial charge on any atom is -0.339 e. The van der Waals surface area contributed by atoms with Crippen molar-refractivity contribution in [3.8, 4) is 0 Å². The van der Waals surface area contributed by atoms with Crippen LogP contribution in [0.3, 0.4) is 0 Å². The molecular formula is C10H19N3OS. The third kappa shape index (κ3) is 4.22. The first kappa shape index (κ1) is 12.5. The zero-order chi connectivity index (χ0) is 11.1. The topological polar surface area (TPSA) is 64.9 Å². The van der Waals surface area contributed by atoms with E-state index in [1.165, 1.54) is 0 Å². The van der Waals surface area contributed by atoms with Gasteiger partial charge in [0.2, 0.25) is 5.89 Å². The number of nitrogens with two attached hydrogens (primary N) is 1. The van der Waals surface area contributed by atoms with Crippen molar-refractivity contribution in [1.82, 2.24) is 10.1 Å². The molecule has 86 valence electrons. The highest BCUT2D eigenvalue weighted by atomic mass is 32.2. The fraction of sp³-hybridized carbons (Fsp3) is 0.800. The molecule has 0 aliphatic rings. The molecule has 0 aliphatic heterocycles. The number of rotatable bonds is 7. The van der Waals surface area contributed by atoms with Gasteiger partial charge in [-0.2, -0.15) is 16.7 Å². The van der Waals surface area contributed by atoms with Gasteiger partial charge in [-0.25, -0.2) is 0 Å². The molecule has 15 heavy (non-hydrogen) atoms. The molecule has 1 unspecified atom stereocenters. The molecule has 0 spiro atoms. The molecule has 0 saturated carbocycles. The molecular weight excluding hydrogens is 210 g/mol. The Balaban J connectivity index is 2.44. The van der Waals surface area contributed by atoms with Gasteiger partial charge >= 0.3 is 0 Å². The summed E-state index contributed by atoms with van der Waals surface area (Å²) in [5.74, 6) is 3.88. The van der Waals surface area contributed by atoms with E-state index in [1.54, 1.807) is 11.8 Å². The lowest BCUT2D eigenvalue weighted by molar-refractivity contribution is 0.348. The van der Waals surface area contributed by atoms with Crippen LogP contribution >= 0.6 is 11.8 Å². The lowest BCUT2D eigenvalue weighted by Gasteiger charge is -2.07. The molecule has 0 bridgehead atoms. The third-order valence-corrected chi connectivity index (χ3v) is 3.19. The average molecular weight is 229 g/mol. The summed E-state index contributed by atoms with van der Waals surface area (Å²) in [5, 5.41) is 3.93. The zero-order valence-corrected chi connectivity index (χ0v) is 10.2. The van der Waals surface area contributed by atoms with E-state index in [0.29, 0.717) is 12.5 Å². The Morgan fingerprint density at radius 3 is 2.87 bits per heavy atom. The number of hydrogen-bond donors (Lipinski definition) is 1. The van der Waals surface area contributed by atoms with Crippen molar-refractivity contribution in [3.63, 3.8) is 0 Å². The van der Waals surface area contributed by atoms with Gasteiger partial charge in [0.1, 0.15) is 0 Å². The molecule has 0 aliphatic carbocycles. The van der Waals surface area contributed by atoms with Crippen LogP contribution in [0.2, 0.25) is 0 Å². The van der Waals surface area contributed by atoms with Crippen molar-refractivity contribution in [2.24, 2.45) is 11.7 Å². The Morgan fingerprint density at radius 1 is 1.47 bits per heavy atom. The van der Waals surface area contributed by atoms with Crippen LogP contribution in [0.4, 0.5) is 0 Å². The predicted molar refractivity (Wildman–Crippen MR) is 62.7 cm³/mol. The molecule has 1 aromatic rings. The molecule has 2 N–H and O–H groups in total. The second-order valence-corrected chi connectivity index (χ2v) is 4.73. The number of aromatic nitrogens is 2. The average Bonchev–Trinajstić information content (AvgIpc) is 2.70. The van der Waals surface area contributed by atoms with Crippen molar-refractivity contribution in [2.75, 3.05) is 12.3 Å². The van der Waals surface area contributed by atoms with E-state index in [1.807, 2.05) is 0 Å². The van der Waals surface area contributed by atoms with Gasteiger partial charge in [0.05, 0.1) is 5.75 Å². The largest absolute Gasteiger partial charge is 0.339 e. The first-order chi connectivity index (χ1) is 7.30. The molecule has 0 fully saturated rings. The summed E-state index contributed by atoms with van der Waals surface area (Å²) in [6.45, 7) is 4.92. The Morgan fingerprint density at radius 2 is 2.27 bits per heavy atom. The molecule has 1 heterocycles. The normalized spacial score (nSPS) is 13.0. The van der Waals surface area contributed by atoms with Gasteiger partial charge in [0, 0.05) is 6.42 Å². The second-order valence-electron chi connectivity index (χ2n) is 3.46. The van der Waals surface area contributed by atoms with E-state index < -0.39 is 0 Å². The molecule has 0 radical (unpaired) electrons. The Bertz CT molecular complexity index is 273. The van der Waals surface area contributed by atoms with E-state index in [4.69, 9.17) is 10.3 Å². The van der Waals surface area contributed by atoms with Gasteiger partial charge in [-0.1, -0.05) is 25.4 Å². The van der Waals surface area contributed by atoms with Crippen molar-refractivity contribution in [2.45, 2.75) is 32.4 Å². The van der Waals surface area contributed by atoms with Crippen LogP contribution in [0.1, 0.15) is 32.0 Å². The number of nitrogens with zero attached hydrogens (tertiary/aromatic N) is 2. The maximum absolute atomic E-state index is 5.62. The van der Waals surface area contributed by atoms with Crippen molar-refractivity contribution in [1.29, 1.82) is 0 Å². The fourth-order valence-electron chi connectivity index (χ4n) is 1.27. The highest BCUT2D eigenvalue weighted by Gasteiger charge is 2.11. The van der Waals surface area contributed by atoms with E-state index in [9.17, 15) is 0 Å². The van der Waals surface area contributed by atoms with E-state index >= 15 is 0 Å². The fourth-order valence-corrected chi connectivity index (χ4v) is 1.77. The van der Waals surface area contributed by atoms with Crippen molar-refractivity contribution >= 4 is 11.8 Å². The lowest BCUT2D eigenvalue weighted by Crippen LogP contribution is -2.16. The highest BCUT2D eigenvalue weighted by Crippen LogP contribution is 2.12. The van der Waals surface area contributed by atoms with Crippen LogP contribution in [-0.4, -0.2) is 22.4 Å². The molecule has 4 nitrogen and oxygen atoms in total. The van der Waals surface area contributed by atoms with E-state index in [2.05, 4.69) is 24.0 Å². The van der Waals surface area contributed by atoms with Gasteiger partial charge in [-0.3, -0.25) is 0 Å². The van der Waals surface area contributed by atoms with Gasteiger partial charge < -0.3 is 10.3 Å². The Hall–Kier alpha value is -0.550. The minimum atomic E-state index is 0.456. The molecule has 1 atom stereocenters. The summed E-state index contributed by atoms with van der Waals surface area (Å²) in [4.78, 5) is 4.33. The summed E-state index contributed by atoms with van der Waals surface area (Å²) < 4.78 is 5.17. The zero-order valence-electron chi connectivity index (χ0n) is 9.40. The van der Waals surface area contributed by atoms with Crippen LogP contribution < -0.4 is 5.73 Å². The molecule has 1 rings (SSSR count). The smallest absolute Gasteiger partial charge is 0.226 e. The molecule has 0 amide bonds. The van der Waals surface area contributed by atoms with Crippen molar-refractivity contribution in [3.05, 3.63) is 11.7 Å². The minimum absolute atomic E-state index is 0.456. The van der Waals surface area contributed by atoms with Crippen LogP contribution in [0, 0.1) is 5.92 Å². The molecule has 1 aromatic heterocycles. The standard InChI is InChI=1S/C10H19N3OS/c1-3-8(6-11)5-10-12-9(13-14-10)7-15-4-2/h8H,3-7,11H2,1-2H3. The van der Waals surface area contributed by atoms with Crippen molar-refractivity contribution < 1.29 is 4.52 Å². The third-order valence-electron chi connectivity index (χ3n) is 2.32. The van der Waals surface area contributed by atoms with Crippen LogP contribution in [-0.2, 0) is 12.2 Å². The first-order valence-electron chi connectivity index (χ1n) is 5.39. The summed E-state index contributed by atoms with van der Waals surface area (Å²) in [6, 6.07) is 0. The van der Waals surface area contributed by atoms with Crippen LogP contribution in [0.15, 0.2) is 4.52 Å². The Kier molecular flexibility index (Phi) is 5.71. The summed E-state index contributed by atoms with van der Waals surface area (Å²) in [7, 11) is 0. The lowest BCUT2D eigenvalue weighted by atomic mass is 10.0. The summed E-state index contributed by atoms with van der Waals surface area (Å²) in [6.07, 6.45) is 1.86. The van der Waals surface area contributed by atoms with Gasteiger partial charge in [0.15, 0.2) is 5.82 Å². The molecule has 0 aromatic carbocycles. The summed E-state index contributed by atoms with van der Waals surface area (Å²) in [5.41, 5.74) is 5.62. The van der Waals surface area contributed by atoms with E-state index in [-0.39, 0.29) is 0 Å². The first-order valence-corrected chi connectivity index (χ1v) is 6.54. The summed E-state index contributed by atoms with van der Waals surface area (Å²) >= 11 is 1.80. The quantitative estimate of drug-likeness (QED) is 0.773. The monoisotopic (exact) mass is 229 g/mol. The SMILES string of the molecule is CCSCc1noc(CC(CC)CN)n1.